The van der Waals surface area contributed by atoms with Crippen LogP contribution in [0.5, 0.6) is 0 Å². The highest BCUT2D eigenvalue weighted by Gasteiger charge is 2.21. The van der Waals surface area contributed by atoms with Crippen molar-refractivity contribution in [1.82, 2.24) is 0 Å². The number of carbonyl (C=O) groups is 2. The van der Waals surface area contributed by atoms with Crippen LogP contribution in [0.2, 0.25) is 0 Å². The van der Waals surface area contributed by atoms with Crippen molar-refractivity contribution in [3.63, 3.8) is 0 Å². The zero-order chi connectivity index (χ0) is 16.8. The summed E-state index contributed by atoms with van der Waals surface area (Å²) in [5, 5.41) is 0. The lowest BCUT2D eigenvalue weighted by Crippen LogP contribution is -2.17. The molecule has 0 saturated carbocycles. The Labute approximate surface area is 133 Å². The van der Waals surface area contributed by atoms with Gasteiger partial charge in [0.15, 0.2) is 0 Å². The molecule has 0 aliphatic rings. The summed E-state index contributed by atoms with van der Waals surface area (Å²) in [5.74, 6) is -2.49. The predicted molar refractivity (Wildman–Crippen MR) is 83.0 cm³/mol. The average molecular weight is 316 g/mol. The molecule has 5 heteroatoms. The zero-order valence-electron chi connectivity index (χ0n) is 12.9. The smallest absolute Gasteiger partial charge is 0.316 e. The molecule has 0 radical (unpaired) electrons. The van der Waals surface area contributed by atoms with Crippen LogP contribution in [-0.2, 0) is 19.1 Å². The molecule has 0 aliphatic heterocycles. The number of hydrogen-bond acceptors (Lipinski definition) is 4. The van der Waals surface area contributed by atoms with Gasteiger partial charge < -0.3 is 9.47 Å². The van der Waals surface area contributed by atoms with Crippen molar-refractivity contribution in [3.8, 4) is 11.1 Å². The predicted octanol–water partition coefficient (Wildman–Crippen LogP) is 3.66. The van der Waals surface area contributed by atoms with E-state index in [2.05, 4.69) is 4.74 Å². The van der Waals surface area contributed by atoms with E-state index in [9.17, 15) is 14.0 Å². The maximum absolute atomic E-state index is 14.3. The molecule has 0 N–H and O–H groups in total. The van der Waals surface area contributed by atoms with Gasteiger partial charge in [-0.1, -0.05) is 42.5 Å². The molecule has 2 aromatic carbocycles. The molecule has 0 heterocycles. The summed E-state index contributed by atoms with van der Waals surface area (Å²) >= 11 is 0. The molecule has 0 bridgehead atoms. The van der Waals surface area contributed by atoms with Crippen molar-refractivity contribution in [2.24, 2.45) is 0 Å². The van der Waals surface area contributed by atoms with Gasteiger partial charge >= 0.3 is 11.9 Å². The van der Waals surface area contributed by atoms with Crippen molar-refractivity contribution < 1.29 is 23.5 Å². The van der Waals surface area contributed by atoms with E-state index in [1.807, 2.05) is 30.3 Å². The van der Waals surface area contributed by atoms with E-state index in [4.69, 9.17) is 4.74 Å². The van der Waals surface area contributed by atoms with Crippen LogP contribution in [-0.4, -0.2) is 18.7 Å². The summed E-state index contributed by atoms with van der Waals surface area (Å²) in [4.78, 5) is 22.5. The van der Waals surface area contributed by atoms with Crippen LogP contribution >= 0.6 is 0 Å². The van der Waals surface area contributed by atoms with Gasteiger partial charge in [0, 0.05) is 12.5 Å². The number of carbonyl (C=O) groups excluding carboxylic acids is 2. The number of esters is 2. The van der Waals surface area contributed by atoms with Gasteiger partial charge in [0.25, 0.3) is 0 Å². The number of rotatable bonds is 5. The van der Waals surface area contributed by atoms with Crippen molar-refractivity contribution in [2.75, 3.05) is 6.79 Å². The molecule has 0 amide bonds. The zero-order valence-corrected chi connectivity index (χ0v) is 12.9. The highest BCUT2D eigenvalue weighted by molar-refractivity contribution is 5.78. The standard InChI is InChI=1S/C18H17FO4/c1-12(18(21)23-11-22-13(2)20)16-9-8-15(10-17(16)19)14-6-4-3-5-7-14/h3-10,12H,11H2,1-2H3. The van der Waals surface area contributed by atoms with E-state index in [1.165, 1.54) is 19.9 Å². The number of ether oxygens (including phenoxy) is 2. The Hall–Kier alpha value is -2.69. The Balaban J connectivity index is 2.11. The lowest BCUT2D eigenvalue weighted by atomic mass is 9.97. The van der Waals surface area contributed by atoms with Gasteiger partial charge in [-0.05, 0) is 24.1 Å². The third-order valence-electron chi connectivity index (χ3n) is 3.39. The Bertz CT molecular complexity index is 697. The Morgan fingerprint density at radius 1 is 1.04 bits per heavy atom. The van der Waals surface area contributed by atoms with E-state index in [-0.39, 0.29) is 5.56 Å². The fourth-order valence-electron chi connectivity index (χ4n) is 2.11. The molecular weight excluding hydrogens is 299 g/mol. The lowest BCUT2D eigenvalue weighted by Gasteiger charge is -2.13. The second kappa shape index (κ2) is 7.54. The van der Waals surface area contributed by atoms with Crippen molar-refractivity contribution >= 4 is 11.9 Å². The Kier molecular flexibility index (Phi) is 5.46. The van der Waals surface area contributed by atoms with E-state index in [0.717, 1.165) is 11.1 Å². The molecule has 4 nitrogen and oxygen atoms in total. The van der Waals surface area contributed by atoms with Crippen molar-refractivity contribution in [3.05, 3.63) is 59.9 Å². The van der Waals surface area contributed by atoms with E-state index >= 15 is 0 Å². The summed E-state index contributed by atoms with van der Waals surface area (Å²) in [5.41, 5.74) is 1.85. The lowest BCUT2D eigenvalue weighted by molar-refractivity contribution is -0.166. The van der Waals surface area contributed by atoms with Gasteiger partial charge in [0.1, 0.15) is 5.82 Å². The molecular formula is C18H17FO4. The van der Waals surface area contributed by atoms with Gasteiger partial charge in [-0.3, -0.25) is 9.59 Å². The van der Waals surface area contributed by atoms with Crippen LogP contribution in [0.15, 0.2) is 48.5 Å². The molecule has 23 heavy (non-hydrogen) atoms. The van der Waals surface area contributed by atoms with Crippen LogP contribution in [0.1, 0.15) is 25.3 Å². The fourth-order valence-corrected chi connectivity index (χ4v) is 2.11. The van der Waals surface area contributed by atoms with Crippen LogP contribution in [0, 0.1) is 5.82 Å². The first-order chi connectivity index (χ1) is 11.0. The number of hydrogen-bond donors (Lipinski definition) is 0. The maximum atomic E-state index is 14.3. The molecule has 0 spiro atoms. The molecule has 2 rings (SSSR count). The first-order valence-corrected chi connectivity index (χ1v) is 7.14. The van der Waals surface area contributed by atoms with Gasteiger partial charge in [0.2, 0.25) is 6.79 Å². The minimum absolute atomic E-state index is 0.234. The minimum Gasteiger partial charge on any atom is -0.428 e. The number of benzene rings is 2. The van der Waals surface area contributed by atoms with E-state index in [0.29, 0.717) is 0 Å². The first kappa shape index (κ1) is 16.7. The van der Waals surface area contributed by atoms with Crippen molar-refractivity contribution in [1.29, 1.82) is 0 Å². The molecule has 1 unspecified atom stereocenters. The van der Waals surface area contributed by atoms with Gasteiger partial charge in [-0.15, -0.1) is 0 Å². The Morgan fingerprint density at radius 3 is 2.35 bits per heavy atom. The summed E-state index contributed by atoms with van der Waals surface area (Å²) < 4.78 is 23.6. The molecule has 2 aromatic rings. The van der Waals surface area contributed by atoms with Crippen LogP contribution in [0.4, 0.5) is 4.39 Å². The average Bonchev–Trinajstić information content (AvgIpc) is 2.54. The number of halogens is 1. The van der Waals surface area contributed by atoms with Crippen LogP contribution in [0.25, 0.3) is 11.1 Å². The fraction of sp³-hybridized carbons (Fsp3) is 0.222. The quantitative estimate of drug-likeness (QED) is 0.624. The summed E-state index contributed by atoms with van der Waals surface area (Å²) in [6.07, 6.45) is 0. The van der Waals surface area contributed by atoms with Crippen LogP contribution < -0.4 is 0 Å². The van der Waals surface area contributed by atoms with E-state index < -0.39 is 30.5 Å². The highest BCUT2D eigenvalue weighted by atomic mass is 19.1. The third kappa shape index (κ3) is 4.39. The molecule has 0 aliphatic carbocycles. The second-order valence-electron chi connectivity index (χ2n) is 5.04. The molecule has 0 aromatic heterocycles. The highest BCUT2D eigenvalue weighted by Crippen LogP contribution is 2.26. The summed E-state index contributed by atoms with van der Waals surface area (Å²) in [6.45, 7) is 2.28. The van der Waals surface area contributed by atoms with E-state index in [1.54, 1.807) is 12.1 Å². The maximum Gasteiger partial charge on any atom is 0.316 e. The van der Waals surface area contributed by atoms with Gasteiger partial charge in [-0.25, -0.2) is 4.39 Å². The van der Waals surface area contributed by atoms with Gasteiger partial charge in [0.05, 0.1) is 5.92 Å². The second-order valence-corrected chi connectivity index (χ2v) is 5.04. The topological polar surface area (TPSA) is 52.6 Å². The molecule has 120 valence electrons. The first-order valence-electron chi connectivity index (χ1n) is 7.14. The largest absolute Gasteiger partial charge is 0.428 e. The normalized spacial score (nSPS) is 11.6. The van der Waals surface area contributed by atoms with Crippen molar-refractivity contribution in [2.45, 2.75) is 19.8 Å². The SMILES string of the molecule is CC(=O)OCOC(=O)C(C)c1ccc(-c2ccccc2)cc1F. The third-order valence-corrected chi connectivity index (χ3v) is 3.39. The van der Waals surface area contributed by atoms with Gasteiger partial charge in [-0.2, -0.15) is 0 Å². The Morgan fingerprint density at radius 2 is 1.74 bits per heavy atom. The minimum atomic E-state index is -0.796. The monoisotopic (exact) mass is 316 g/mol. The molecule has 0 fully saturated rings. The summed E-state index contributed by atoms with van der Waals surface area (Å²) in [7, 11) is 0. The molecule has 1 atom stereocenters. The molecule has 0 saturated heterocycles. The van der Waals surface area contributed by atoms with Crippen LogP contribution in [0.3, 0.4) is 0 Å². The summed E-state index contributed by atoms with van der Waals surface area (Å²) in [6, 6.07) is 14.1.